The Balaban J connectivity index is 1.69. The molecule has 190 valence electrons. The van der Waals surface area contributed by atoms with E-state index in [9.17, 15) is 19.8 Å². The molecule has 0 aromatic heterocycles. The monoisotopic (exact) mass is 470 g/mol. The van der Waals surface area contributed by atoms with Gasteiger partial charge >= 0.3 is 11.9 Å². The van der Waals surface area contributed by atoms with E-state index in [0.29, 0.717) is 42.4 Å². The summed E-state index contributed by atoms with van der Waals surface area (Å²) in [7, 11) is 0. The largest absolute Gasteiger partial charge is 0.481 e. The average Bonchev–Trinajstić information content (AvgIpc) is 2.74. The van der Waals surface area contributed by atoms with E-state index >= 15 is 0 Å². The molecule has 5 aliphatic carbocycles. The topological polar surface area (TPSA) is 74.6 Å². The van der Waals surface area contributed by atoms with Gasteiger partial charge in [-0.1, -0.05) is 59.6 Å². The third-order valence-corrected chi connectivity index (χ3v) is 13.0. The van der Waals surface area contributed by atoms with E-state index < -0.39 is 22.8 Å². The fourth-order valence-electron chi connectivity index (χ4n) is 11.1. The molecule has 9 atom stereocenters. The van der Waals surface area contributed by atoms with Crippen LogP contribution in [-0.4, -0.2) is 22.2 Å². The third-order valence-electron chi connectivity index (χ3n) is 13.0. The molecular formula is C30H46O4. The van der Waals surface area contributed by atoms with E-state index in [0.717, 1.165) is 31.3 Å². The summed E-state index contributed by atoms with van der Waals surface area (Å²) in [5.74, 6) is 0.0248. The molecule has 0 saturated heterocycles. The SMILES string of the molecule is C[C@H]1[C@H](C)CC[C@]2(C(=O)O)CC[C@]3(C(=O)O)C(=CC[C@@H]4[C@@]5(C)CCCC(C)(C)[C@@H]5CC[C@]43C)[C@H]12. The molecule has 5 rings (SSSR count). The van der Waals surface area contributed by atoms with Crippen LogP contribution in [0.15, 0.2) is 11.6 Å². The summed E-state index contributed by atoms with van der Waals surface area (Å²) in [4.78, 5) is 26.3. The standard InChI is InChI=1S/C30H46O4/c1-18-10-15-29(24(31)32)16-17-30(25(33)34)20(23(29)19(18)2)8-9-22-27(5)13-7-12-26(3,4)21(27)11-14-28(22,30)6/h8,18-19,21-23H,7,9-17H2,1-6H3,(H,31,32)(H,33,34)/t18-,19+,21+,22-,23+,27+,28-,29+,30-/m1/s1. The zero-order chi connectivity index (χ0) is 24.9. The molecule has 0 spiro atoms. The van der Waals surface area contributed by atoms with E-state index in [2.05, 4.69) is 47.6 Å². The van der Waals surface area contributed by atoms with Gasteiger partial charge < -0.3 is 10.2 Å². The number of hydrogen-bond acceptors (Lipinski definition) is 2. The Hall–Kier alpha value is -1.32. The van der Waals surface area contributed by atoms with Crippen LogP contribution in [0.2, 0.25) is 0 Å². The fraction of sp³-hybridized carbons (Fsp3) is 0.867. The highest BCUT2D eigenvalue weighted by molar-refractivity contribution is 5.84. The van der Waals surface area contributed by atoms with Crippen molar-refractivity contribution in [2.45, 2.75) is 106 Å². The quantitative estimate of drug-likeness (QED) is 0.419. The second-order valence-corrected chi connectivity index (χ2v) is 14.3. The van der Waals surface area contributed by atoms with Crippen LogP contribution in [0, 0.1) is 56.7 Å². The highest BCUT2D eigenvalue weighted by Gasteiger charge is 2.72. The van der Waals surface area contributed by atoms with Gasteiger partial charge in [0, 0.05) is 0 Å². The first-order valence-electron chi connectivity index (χ1n) is 14.0. The second kappa shape index (κ2) is 7.35. The molecule has 0 aliphatic heterocycles. The maximum atomic E-state index is 13.5. The molecule has 2 N–H and O–H groups in total. The average molecular weight is 471 g/mol. The van der Waals surface area contributed by atoms with E-state index in [1.165, 1.54) is 19.3 Å². The molecular weight excluding hydrogens is 424 g/mol. The van der Waals surface area contributed by atoms with Gasteiger partial charge in [0.25, 0.3) is 0 Å². The number of aliphatic carboxylic acids is 2. The lowest BCUT2D eigenvalue weighted by Crippen LogP contribution is -2.67. The first-order chi connectivity index (χ1) is 15.8. The van der Waals surface area contributed by atoms with Crippen molar-refractivity contribution in [2.75, 3.05) is 0 Å². The van der Waals surface area contributed by atoms with Crippen molar-refractivity contribution in [3.8, 4) is 0 Å². The predicted molar refractivity (Wildman–Crippen MR) is 133 cm³/mol. The van der Waals surface area contributed by atoms with Crippen LogP contribution in [0.1, 0.15) is 106 Å². The number of rotatable bonds is 2. The van der Waals surface area contributed by atoms with Gasteiger partial charge in [-0.3, -0.25) is 9.59 Å². The summed E-state index contributed by atoms with van der Waals surface area (Å²) in [6.45, 7) is 14.1. The summed E-state index contributed by atoms with van der Waals surface area (Å²) in [5.41, 5.74) is -0.608. The smallest absolute Gasteiger partial charge is 0.314 e. The number of carbonyl (C=O) groups is 2. The Morgan fingerprint density at radius 1 is 0.853 bits per heavy atom. The van der Waals surface area contributed by atoms with Crippen molar-refractivity contribution in [2.24, 2.45) is 56.7 Å². The van der Waals surface area contributed by atoms with Crippen LogP contribution in [-0.2, 0) is 9.59 Å². The molecule has 0 aromatic carbocycles. The summed E-state index contributed by atoms with van der Waals surface area (Å²) in [6, 6.07) is 0. The van der Waals surface area contributed by atoms with E-state index in [4.69, 9.17) is 0 Å². The minimum Gasteiger partial charge on any atom is -0.481 e. The Morgan fingerprint density at radius 2 is 1.56 bits per heavy atom. The normalized spacial score (nSPS) is 51.7. The van der Waals surface area contributed by atoms with Gasteiger partial charge in [0.05, 0.1) is 10.8 Å². The van der Waals surface area contributed by atoms with E-state index in [1.54, 1.807) is 0 Å². The Morgan fingerprint density at radius 3 is 2.21 bits per heavy atom. The minimum atomic E-state index is -0.930. The van der Waals surface area contributed by atoms with Crippen LogP contribution >= 0.6 is 0 Å². The summed E-state index contributed by atoms with van der Waals surface area (Å²) < 4.78 is 0. The number of allylic oxidation sites excluding steroid dienone is 1. The number of hydrogen-bond donors (Lipinski definition) is 2. The fourth-order valence-corrected chi connectivity index (χ4v) is 11.1. The van der Waals surface area contributed by atoms with Crippen LogP contribution in [0.5, 0.6) is 0 Å². The highest BCUT2D eigenvalue weighted by Crippen LogP contribution is 2.75. The predicted octanol–water partition coefficient (Wildman–Crippen LogP) is 7.18. The zero-order valence-electron chi connectivity index (χ0n) is 22.2. The lowest BCUT2D eigenvalue weighted by Gasteiger charge is -2.70. The van der Waals surface area contributed by atoms with Crippen molar-refractivity contribution in [1.82, 2.24) is 0 Å². The Labute approximate surface area is 206 Å². The van der Waals surface area contributed by atoms with Crippen molar-refractivity contribution >= 4 is 11.9 Å². The maximum absolute atomic E-state index is 13.5. The maximum Gasteiger partial charge on any atom is 0.314 e. The number of carboxylic acids is 2. The Kier molecular flexibility index (Phi) is 5.27. The van der Waals surface area contributed by atoms with Crippen molar-refractivity contribution < 1.29 is 19.8 Å². The van der Waals surface area contributed by atoms with Gasteiger partial charge in [-0.05, 0) is 104 Å². The number of carboxylic acid groups (broad SMARTS) is 2. The minimum absolute atomic E-state index is 0.145. The zero-order valence-corrected chi connectivity index (χ0v) is 22.2. The lowest BCUT2D eigenvalue weighted by molar-refractivity contribution is -0.205. The van der Waals surface area contributed by atoms with Crippen LogP contribution < -0.4 is 0 Å². The molecule has 4 saturated carbocycles. The second-order valence-electron chi connectivity index (χ2n) is 14.3. The van der Waals surface area contributed by atoms with Gasteiger partial charge in [0.15, 0.2) is 0 Å². The van der Waals surface area contributed by atoms with Crippen molar-refractivity contribution in [3.63, 3.8) is 0 Å². The molecule has 0 radical (unpaired) electrons. The van der Waals surface area contributed by atoms with Crippen molar-refractivity contribution in [3.05, 3.63) is 11.6 Å². The lowest BCUT2D eigenvalue weighted by atomic mass is 9.33. The molecule has 0 amide bonds. The van der Waals surface area contributed by atoms with Crippen LogP contribution in [0.25, 0.3) is 0 Å². The molecule has 4 heteroatoms. The van der Waals surface area contributed by atoms with Gasteiger partial charge in [0.1, 0.15) is 0 Å². The van der Waals surface area contributed by atoms with Gasteiger partial charge in [-0.2, -0.15) is 0 Å². The molecule has 0 aromatic rings. The van der Waals surface area contributed by atoms with Gasteiger partial charge in [0.2, 0.25) is 0 Å². The summed E-state index contributed by atoms with van der Waals surface area (Å²) >= 11 is 0. The molecule has 0 bridgehead atoms. The molecule has 4 fully saturated rings. The van der Waals surface area contributed by atoms with Gasteiger partial charge in [-0.25, -0.2) is 0 Å². The van der Waals surface area contributed by atoms with E-state index in [1.807, 2.05) is 0 Å². The van der Waals surface area contributed by atoms with Gasteiger partial charge in [-0.15, -0.1) is 0 Å². The molecule has 0 heterocycles. The van der Waals surface area contributed by atoms with E-state index in [-0.39, 0.29) is 22.7 Å². The first-order valence-corrected chi connectivity index (χ1v) is 14.0. The number of fused-ring (bicyclic) bond motifs is 7. The molecule has 0 unspecified atom stereocenters. The summed E-state index contributed by atoms with van der Waals surface area (Å²) in [6.07, 6.45) is 11.5. The first kappa shape index (κ1) is 24.4. The molecule has 4 nitrogen and oxygen atoms in total. The van der Waals surface area contributed by atoms with Crippen LogP contribution in [0.3, 0.4) is 0 Å². The summed E-state index contributed by atoms with van der Waals surface area (Å²) in [5, 5.41) is 21.6. The van der Waals surface area contributed by atoms with Crippen LogP contribution in [0.4, 0.5) is 0 Å². The molecule has 5 aliphatic rings. The third kappa shape index (κ3) is 2.72. The van der Waals surface area contributed by atoms with Crippen molar-refractivity contribution in [1.29, 1.82) is 0 Å². The Bertz CT molecular complexity index is 934. The molecule has 34 heavy (non-hydrogen) atoms. The highest BCUT2D eigenvalue weighted by atomic mass is 16.4.